The molecule has 0 unspecified atom stereocenters. The van der Waals surface area contributed by atoms with Crippen molar-refractivity contribution in [3.05, 3.63) is 76.3 Å². The highest BCUT2D eigenvalue weighted by Gasteiger charge is 2.16. The molecule has 0 aliphatic rings. The van der Waals surface area contributed by atoms with Crippen molar-refractivity contribution in [3.63, 3.8) is 0 Å². The number of methoxy groups -OCH3 is 2. The first-order valence-corrected chi connectivity index (χ1v) is 11.4. The molecule has 0 aromatic heterocycles. The molecular weight excluding hydrogens is 523 g/mol. The molecule has 0 radical (unpaired) electrons. The summed E-state index contributed by atoms with van der Waals surface area (Å²) >= 11 is 11.9. The van der Waals surface area contributed by atoms with Gasteiger partial charge in [0.05, 0.1) is 36.2 Å². The summed E-state index contributed by atoms with van der Waals surface area (Å²) < 4.78 is 16.1. The number of anilines is 2. The highest BCUT2D eigenvalue weighted by atomic mass is 35.5. The average molecular weight is 545 g/mol. The van der Waals surface area contributed by atoms with Gasteiger partial charge in [0.2, 0.25) is 0 Å². The van der Waals surface area contributed by atoms with Crippen LogP contribution in [0.15, 0.2) is 65.8 Å². The molecule has 10 nitrogen and oxygen atoms in total. The number of rotatable bonds is 9. The fraction of sp³-hybridized carbons (Fsp3) is 0.120. The van der Waals surface area contributed by atoms with Crippen molar-refractivity contribution in [2.24, 2.45) is 5.10 Å². The highest BCUT2D eigenvalue weighted by Crippen LogP contribution is 2.30. The summed E-state index contributed by atoms with van der Waals surface area (Å²) in [5.41, 5.74) is 3.24. The first-order chi connectivity index (χ1) is 17.8. The maximum Gasteiger partial charge on any atom is 0.329 e. The quantitative estimate of drug-likeness (QED) is 0.211. The zero-order valence-corrected chi connectivity index (χ0v) is 21.2. The molecule has 12 heteroatoms. The fourth-order valence-corrected chi connectivity index (χ4v) is 3.30. The third kappa shape index (κ3) is 7.60. The molecule has 3 amide bonds. The number of nitrogens with zero attached hydrogens (tertiary/aromatic N) is 1. The smallest absolute Gasteiger partial charge is 0.329 e. The molecule has 0 atom stereocenters. The Morgan fingerprint density at radius 3 is 2.32 bits per heavy atom. The number of halogens is 2. The number of nitrogens with one attached hydrogen (secondary N) is 3. The number of benzene rings is 3. The molecule has 0 saturated carbocycles. The molecule has 3 rings (SSSR count). The largest absolute Gasteiger partial charge is 0.497 e. The van der Waals surface area contributed by atoms with E-state index in [0.717, 1.165) is 0 Å². The molecular formula is C25H22Cl2N4O6. The van der Waals surface area contributed by atoms with Crippen molar-refractivity contribution in [3.8, 4) is 17.2 Å². The first-order valence-electron chi connectivity index (χ1n) is 10.6. The number of hydrogen-bond acceptors (Lipinski definition) is 7. The van der Waals surface area contributed by atoms with Gasteiger partial charge < -0.3 is 24.8 Å². The minimum atomic E-state index is -1.04. The molecule has 0 heterocycles. The lowest BCUT2D eigenvalue weighted by Crippen LogP contribution is -2.32. The predicted octanol–water partition coefficient (Wildman–Crippen LogP) is 4.12. The normalized spacial score (nSPS) is 10.5. The molecule has 3 N–H and O–H groups in total. The predicted molar refractivity (Wildman–Crippen MR) is 141 cm³/mol. The van der Waals surface area contributed by atoms with E-state index in [-0.39, 0.29) is 28.1 Å². The Morgan fingerprint density at radius 2 is 1.62 bits per heavy atom. The van der Waals surface area contributed by atoms with Gasteiger partial charge in [-0.15, -0.1) is 0 Å². The van der Waals surface area contributed by atoms with Crippen LogP contribution in [0.25, 0.3) is 0 Å². The van der Waals surface area contributed by atoms with Crippen LogP contribution < -0.4 is 30.3 Å². The van der Waals surface area contributed by atoms with Gasteiger partial charge in [0, 0.05) is 11.3 Å². The van der Waals surface area contributed by atoms with Gasteiger partial charge in [-0.05, 0) is 48.5 Å². The number of ether oxygens (including phenoxy) is 3. The Balaban J connectivity index is 1.62. The summed E-state index contributed by atoms with van der Waals surface area (Å²) in [6.07, 6.45) is 1.25. The Bertz CT molecular complexity index is 1320. The van der Waals surface area contributed by atoms with E-state index in [1.54, 1.807) is 61.7 Å². The van der Waals surface area contributed by atoms with Gasteiger partial charge in [0.25, 0.3) is 5.91 Å². The van der Waals surface area contributed by atoms with E-state index in [0.29, 0.717) is 22.7 Å². The zero-order valence-electron chi connectivity index (χ0n) is 19.7. The van der Waals surface area contributed by atoms with Crippen molar-refractivity contribution < 1.29 is 28.6 Å². The van der Waals surface area contributed by atoms with Crippen LogP contribution in [0.1, 0.15) is 5.56 Å². The van der Waals surface area contributed by atoms with Gasteiger partial charge in [-0.1, -0.05) is 35.3 Å². The van der Waals surface area contributed by atoms with Crippen LogP contribution in [0, 0.1) is 0 Å². The molecule has 0 fully saturated rings. The number of amides is 3. The number of hydrogen-bond donors (Lipinski definition) is 3. The van der Waals surface area contributed by atoms with Gasteiger partial charge in [0.1, 0.15) is 5.75 Å². The fourth-order valence-electron chi connectivity index (χ4n) is 2.95. The summed E-state index contributed by atoms with van der Waals surface area (Å²) in [5, 5.41) is 9.18. The summed E-state index contributed by atoms with van der Waals surface area (Å²) in [6, 6.07) is 16.3. The molecule has 0 bridgehead atoms. The SMILES string of the molecule is COc1ccc(NC(=O)COc2c(/C=N\NC(=O)C(=O)Nc3cccc(Cl)c3Cl)cccc2OC)cc1. The summed E-state index contributed by atoms with van der Waals surface area (Å²) in [6.45, 7) is -0.331. The van der Waals surface area contributed by atoms with Crippen LogP contribution >= 0.6 is 23.2 Å². The second-order valence-electron chi connectivity index (χ2n) is 7.20. The summed E-state index contributed by atoms with van der Waals surface area (Å²) in [4.78, 5) is 36.7. The third-order valence-electron chi connectivity index (χ3n) is 4.73. The second-order valence-corrected chi connectivity index (χ2v) is 7.98. The molecule has 0 spiro atoms. The Kier molecular flexibility index (Phi) is 9.70. The molecule has 0 aliphatic heterocycles. The van der Waals surface area contributed by atoms with E-state index in [1.807, 2.05) is 0 Å². The molecule has 0 saturated heterocycles. The number of carbonyl (C=O) groups is 3. The van der Waals surface area contributed by atoms with E-state index < -0.39 is 17.7 Å². The first kappa shape index (κ1) is 27.3. The highest BCUT2D eigenvalue weighted by molar-refractivity contribution is 6.45. The maximum absolute atomic E-state index is 12.4. The van der Waals surface area contributed by atoms with Crippen molar-refractivity contribution in [2.75, 3.05) is 31.5 Å². The summed E-state index contributed by atoms with van der Waals surface area (Å²) in [5.74, 6) is -1.26. The van der Waals surface area contributed by atoms with Crippen molar-refractivity contribution in [2.45, 2.75) is 0 Å². The molecule has 0 aliphatic carbocycles. The van der Waals surface area contributed by atoms with Crippen molar-refractivity contribution >= 4 is 58.5 Å². The minimum absolute atomic E-state index is 0.100. The average Bonchev–Trinajstić information content (AvgIpc) is 2.90. The van der Waals surface area contributed by atoms with Crippen LogP contribution in [0.3, 0.4) is 0 Å². The maximum atomic E-state index is 12.4. The van der Waals surface area contributed by atoms with Gasteiger partial charge >= 0.3 is 11.8 Å². The molecule has 192 valence electrons. The standard InChI is InChI=1S/C25H22Cl2N4O6/c1-35-17-11-9-16(10-12-17)29-21(32)14-37-23-15(5-3-8-20(23)36-2)13-28-31-25(34)24(33)30-19-7-4-6-18(26)22(19)27/h3-13H,14H2,1-2H3,(H,29,32)(H,30,33)(H,31,34)/b28-13-. The number of hydrazone groups is 1. The van der Waals surface area contributed by atoms with Crippen LogP contribution in [0.2, 0.25) is 10.0 Å². The Morgan fingerprint density at radius 1 is 0.892 bits per heavy atom. The Hall–Kier alpha value is -4.28. The van der Waals surface area contributed by atoms with Gasteiger partial charge in [-0.25, -0.2) is 5.43 Å². The van der Waals surface area contributed by atoms with Gasteiger partial charge in [-0.2, -0.15) is 5.10 Å². The van der Waals surface area contributed by atoms with E-state index in [4.69, 9.17) is 37.4 Å². The monoisotopic (exact) mass is 544 g/mol. The second kappa shape index (κ2) is 13.1. The van der Waals surface area contributed by atoms with Crippen LogP contribution in [0.4, 0.5) is 11.4 Å². The van der Waals surface area contributed by atoms with Crippen molar-refractivity contribution in [1.29, 1.82) is 0 Å². The molecule has 3 aromatic rings. The lowest BCUT2D eigenvalue weighted by atomic mass is 10.2. The molecule has 37 heavy (non-hydrogen) atoms. The van der Waals surface area contributed by atoms with E-state index in [2.05, 4.69) is 21.2 Å². The minimum Gasteiger partial charge on any atom is -0.497 e. The number of para-hydroxylation sites is 1. The van der Waals surface area contributed by atoms with Crippen LogP contribution in [-0.4, -0.2) is 44.8 Å². The van der Waals surface area contributed by atoms with Crippen molar-refractivity contribution in [1.82, 2.24) is 5.43 Å². The topological polar surface area (TPSA) is 127 Å². The summed E-state index contributed by atoms with van der Waals surface area (Å²) in [7, 11) is 2.99. The number of carbonyl (C=O) groups excluding carboxylic acids is 3. The lowest BCUT2D eigenvalue weighted by molar-refractivity contribution is -0.136. The Labute approximate surface area is 222 Å². The lowest BCUT2D eigenvalue weighted by Gasteiger charge is -2.13. The van der Waals surface area contributed by atoms with Crippen LogP contribution in [-0.2, 0) is 14.4 Å². The zero-order chi connectivity index (χ0) is 26.8. The van der Waals surface area contributed by atoms with Gasteiger partial charge in [0.15, 0.2) is 18.1 Å². The van der Waals surface area contributed by atoms with E-state index in [9.17, 15) is 14.4 Å². The van der Waals surface area contributed by atoms with E-state index >= 15 is 0 Å². The molecule has 3 aromatic carbocycles. The third-order valence-corrected chi connectivity index (χ3v) is 5.55. The van der Waals surface area contributed by atoms with Gasteiger partial charge in [-0.3, -0.25) is 14.4 Å². The van der Waals surface area contributed by atoms with E-state index in [1.165, 1.54) is 19.4 Å². The van der Waals surface area contributed by atoms with Crippen LogP contribution in [0.5, 0.6) is 17.2 Å².